The topological polar surface area (TPSA) is 55.9 Å². The number of nitrogens with two attached hydrogens (primary N) is 1. The van der Waals surface area contributed by atoms with Crippen molar-refractivity contribution in [3.63, 3.8) is 0 Å². The number of aromatic nitrogens is 2. The molecule has 4 nitrogen and oxygen atoms in total. The van der Waals surface area contributed by atoms with Crippen LogP contribution in [-0.2, 0) is 13.0 Å². The van der Waals surface area contributed by atoms with Gasteiger partial charge in [0.25, 0.3) is 0 Å². The van der Waals surface area contributed by atoms with Crippen LogP contribution in [0.25, 0.3) is 0 Å². The highest BCUT2D eigenvalue weighted by Gasteiger charge is 2.21. The molecule has 1 heterocycles. The molecule has 6 heteroatoms. The number of rotatable bonds is 5. The van der Waals surface area contributed by atoms with Crippen LogP contribution in [0.3, 0.4) is 0 Å². The molecule has 0 fully saturated rings. The van der Waals surface area contributed by atoms with Crippen molar-refractivity contribution >= 4 is 11.6 Å². The Morgan fingerprint density at radius 2 is 2.15 bits per heavy atom. The molecule has 20 heavy (non-hydrogen) atoms. The third-order valence-electron chi connectivity index (χ3n) is 3.26. The Balaban J connectivity index is 2.48. The summed E-state index contributed by atoms with van der Waals surface area (Å²) in [4.78, 5) is 0. The van der Waals surface area contributed by atoms with Crippen LogP contribution in [0.5, 0.6) is 0 Å². The standard InChI is InChI=1S/C14H18ClFN4/c1-3-10-8-13(20(4-2)19-10)14(18-17)11-6-5-9(15)7-12(11)16/h5-8,14,18H,3-4,17H2,1-2H3. The highest BCUT2D eigenvalue weighted by atomic mass is 35.5. The maximum atomic E-state index is 14.1. The molecule has 0 aliphatic carbocycles. The molecular formula is C14H18ClFN4. The van der Waals surface area contributed by atoms with E-state index in [0.29, 0.717) is 17.1 Å². The van der Waals surface area contributed by atoms with Gasteiger partial charge in [-0.25, -0.2) is 9.82 Å². The molecule has 0 saturated carbocycles. The number of nitrogens with one attached hydrogen (secondary N) is 1. The van der Waals surface area contributed by atoms with Crippen molar-refractivity contribution in [2.24, 2.45) is 5.84 Å². The highest BCUT2D eigenvalue weighted by molar-refractivity contribution is 6.30. The van der Waals surface area contributed by atoms with Crippen LogP contribution in [0.1, 0.15) is 36.8 Å². The minimum atomic E-state index is -0.458. The first-order valence-corrected chi connectivity index (χ1v) is 6.96. The molecule has 0 spiro atoms. The van der Waals surface area contributed by atoms with Gasteiger partial charge in [0.15, 0.2) is 0 Å². The Morgan fingerprint density at radius 3 is 2.70 bits per heavy atom. The summed E-state index contributed by atoms with van der Waals surface area (Å²) in [6, 6.07) is 6.06. The third-order valence-corrected chi connectivity index (χ3v) is 3.49. The Bertz CT molecular complexity index is 597. The van der Waals surface area contributed by atoms with E-state index in [1.54, 1.807) is 12.1 Å². The van der Waals surface area contributed by atoms with E-state index in [9.17, 15) is 4.39 Å². The summed E-state index contributed by atoms with van der Waals surface area (Å²) >= 11 is 5.79. The van der Waals surface area contributed by atoms with E-state index < -0.39 is 6.04 Å². The highest BCUT2D eigenvalue weighted by Crippen LogP contribution is 2.26. The van der Waals surface area contributed by atoms with Crippen molar-refractivity contribution in [1.82, 2.24) is 15.2 Å². The number of hydrogen-bond donors (Lipinski definition) is 2. The minimum absolute atomic E-state index is 0.361. The Kier molecular flexibility index (Phi) is 4.75. The van der Waals surface area contributed by atoms with Crippen LogP contribution < -0.4 is 11.3 Å². The van der Waals surface area contributed by atoms with Gasteiger partial charge in [0.1, 0.15) is 5.82 Å². The second-order valence-electron chi connectivity index (χ2n) is 4.50. The van der Waals surface area contributed by atoms with Gasteiger partial charge in [-0.05, 0) is 31.5 Å². The van der Waals surface area contributed by atoms with Crippen molar-refractivity contribution in [3.8, 4) is 0 Å². The van der Waals surface area contributed by atoms with Crippen molar-refractivity contribution < 1.29 is 4.39 Å². The summed E-state index contributed by atoms with van der Waals surface area (Å²) in [5.74, 6) is 5.24. The summed E-state index contributed by atoms with van der Waals surface area (Å²) < 4.78 is 15.9. The van der Waals surface area contributed by atoms with E-state index in [4.69, 9.17) is 17.4 Å². The first kappa shape index (κ1) is 15.0. The van der Waals surface area contributed by atoms with E-state index in [-0.39, 0.29) is 5.82 Å². The SMILES string of the molecule is CCc1cc(C(NN)c2ccc(Cl)cc2F)n(CC)n1. The molecule has 2 aromatic rings. The zero-order chi connectivity index (χ0) is 14.7. The van der Waals surface area contributed by atoms with Gasteiger partial charge in [-0.1, -0.05) is 24.6 Å². The molecular weight excluding hydrogens is 279 g/mol. The lowest BCUT2D eigenvalue weighted by atomic mass is 10.0. The number of halogens is 2. The van der Waals surface area contributed by atoms with Crippen molar-refractivity contribution in [1.29, 1.82) is 0 Å². The predicted molar refractivity (Wildman–Crippen MR) is 77.9 cm³/mol. The molecule has 0 saturated heterocycles. The average Bonchev–Trinajstić information content (AvgIpc) is 2.85. The summed E-state index contributed by atoms with van der Waals surface area (Å²) in [6.07, 6.45) is 0.820. The van der Waals surface area contributed by atoms with E-state index in [1.165, 1.54) is 6.07 Å². The van der Waals surface area contributed by atoms with Crippen LogP contribution in [0, 0.1) is 5.82 Å². The van der Waals surface area contributed by atoms with Gasteiger partial charge in [0, 0.05) is 17.1 Å². The van der Waals surface area contributed by atoms with E-state index in [2.05, 4.69) is 10.5 Å². The van der Waals surface area contributed by atoms with Crippen molar-refractivity contribution in [2.75, 3.05) is 0 Å². The van der Waals surface area contributed by atoms with Gasteiger partial charge in [-0.3, -0.25) is 10.5 Å². The number of hydrogen-bond acceptors (Lipinski definition) is 3. The first-order chi connectivity index (χ1) is 9.60. The maximum Gasteiger partial charge on any atom is 0.129 e. The molecule has 1 unspecified atom stereocenters. The number of nitrogens with zero attached hydrogens (tertiary/aromatic N) is 2. The van der Waals surface area contributed by atoms with E-state index in [1.807, 2.05) is 24.6 Å². The molecule has 0 amide bonds. The van der Waals surface area contributed by atoms with Gasteiger partial charge >= 0.3 is 0 Å². The zero-order valence-corrected chi connectivity index (χ0v) is 12.3. The van der Waals surface area contributed by atoms with Gasteiger partial charge in [0.2, 0.25) is 0 Å². The van der Waals surface area contributed by atoms with E-state index >= 15 is 0 Å². The molecule has 1 aromatic carbocycles. The van der Waals surface area contributed by atoms with Crippen LogP contribution in [0.15, 0.2) is 24.3 Å². The lowest BCUT2D eigenvalue weighted by Gasteiger charge is -2.18. The van der Waals surface area contributed by atoms with Crippen LogP contribution in [0.2, 0.25) is 5.02 Å². The monoisotopic (exact) mass is 296 g/mol. The van der Waals surface area contributed by atoms with Crippen molar-refractivity contribution in [2.45, 2.75) is 32.9 Å². The predicted octanol–water partition coefficient (Wildman–Crippen LogP) is 2.81. The zero-order valence-electron chi connectivity index (χ0n) is 11.5. The molecule has 3 N–H and O–H groups in total. The van der Waals surface area contributed by atoms with Crippen LogP contribution >= 0.6 is 11.6 Å². The minimum Gasteiger partial charge on any atom is -0.271 e. The second-order valence-corrected chi connectivity index (χ2v) is 4.93. The second kappa shape index (κ2) is 6.35. The molecule has 0 aliphatic heterocycles. The summed E-state index contributed by atoms with van der Waals surface area (Å²) in [6.45, 7) is 4.71. The smallest absolute Gasteiger partial charge is 0.129 e. The first-order valence-electron chi connectivity index (χ1n) is 6.58. The normalized spacial score (nSPS) is 12.7. The average molecular weight is 297 g/mol. The van der Waals surface area contributed by atoms with Gasteiger partial charge < -0.3 is 0 Å². The molecule has 0 bridgehead atoms. The summed E-state index contributed by atoms with van der Waals surface area (Å²) in [7, 11) is 0. The van der Waals surface area contributed by atoms with Crippen LogP contribution in [0.4, 0.5) is 4.39 Å². The number of hydrazine groups is 1. The van der Waals surface area contributed by atoms with Gasteiger partial charge in [-0.15, -0.1) is 0 Å². The molecule has 1 aromatic heterocycles. The Hall–Kier alpha value is -1.43. The summed E-state index contributed by atoms with van der Waals surface area (Å²) in [5, 5.41) is 4.82. The molecule has 1 atom stereocenters. The van der Waals surface area contributed by atoms with Gasteiger partial charge in [-0.2, -0.15) is 5.10 Å². The fraction of sp³-hybridized carbons (Fsp3) is 0.357. The lowest BCUT2D eigenvalue weighted by molar-refractivity contribution is 0.515. The number of aryl methyl sites for hydroxylation is 2. The molecule has 0 radical (unpaired) electrons. The lowest BCUT2D eigenvalue weighted by Crippen LogP contribution is -2.31. The largest absolute Gasteiger partial charge is 0.271 e. The molecule has 2 rings (SSSR count). The Labute approximate surface area is 122 Å². The molecule has 0 aliphatic rings. The van der Waals surface area contributed by atoms with Crippen LogP contribution in [-0.4, -0.2) is 9.78 Å². The van der Waals surface area contributed by atoms with Gasteiger partial charge in [0.05, 0.1) is 17.4 Å². The number of benzene rings is 1. The maximum absolute atomic E-state index is 14.1. The molecule has 108 valence electrons. The third kappa shape index (κ3) is 2.85. The fourth-order valence-electron chi connectivity index (χ4n) is 2.22. The Morgan fingerprint density at radius 1 is 1.40 bits per heavy atom. The quantitative estimate of drug-likeness (QED) is 0.659. The fourth-order valence-corrected chi connectivity index (χ4v) is 2.37. The van der Waals surface area contributed by atoms with Crippen molar-refractivity contribution in [3.05, 3.63) is 52.1 Å². The van der Waals surface area contributed by atoms with E-state index in [0.717, 1.165) is 17.8 Å². The summed E-state index contributed by atoms with van der Waals surface area (Å²) in [5.41, 5.74) is 4.91.